The number of fused-ring (bicyclic) bond motifs is 2. The van der Waals surface area contributed by atoms with Gasteiger partial charge in [0.25, 0.3) is 0 Å². The molecule has 7 heteroatoms. The Labute approximate surface area is 182 Å². The predicted octanol–water partition coefficient (Wildman–Crippen LogP) is 5.68. The number of rotatable bonds is 3. The monoisotopic (exact) mass is 420 g/mol. The number of hydrogen-bond acceptors (Lipinski definition) is 4. The summed E-state index contributed by atoms with van der Waals surface area (Å²) in [5.41, 5.74) is 8.52. The van der Waals surface area contributed by atoms with Crippen LogP contribution in [0.15, 0.2) is 73.3 Å². The van der Waals surface area contributed by atoms with Crippen molar-refractivity contribution in [3.8, 4) is 33.8 Å². The summed E-state index contributed by atoms with van der Waals surface area (Å²) in [6.07, 6.45) is 7.10. The highest BCUT2D eigenvalue weighted by atomic mass is 19.1. The lowest BCUT2D eigenvalue weighted by Crippen LogP contribution is -1.89. The molecule has 0 aliphatic rings. The highest BCUT2D eigenvalue weighted by molar-refractivity contribution is 6.00. The summed E-state index contributed by atoms with van der Waals surface area (Å²) in [6, 6.07) is 14.4. The average molecular weight is 420 g/mol. The first-order valence-corrected chi connectivity index (χ1v) is 10.2. The van der Waals surface area contributed by atoms with Gasteiger partial charge in [-0.25, -0.2) is 9.37 Å². The van der Waals surface area contributed by atoms with Gasteiger partial charge in [0.15, 0.2) is 0 Å². The second-order valence-corrected chi connectivity index (χ2v) is 7.70. The topological polar surface area (TPSA) is 83.1 Å². The fraction of sp³-hybridized carbons (Fsp3) is 0.0400. The molecule has 0 amide bonds. The molecule has 6 aromatic rings. The van der Waals surface area contributed by atoms with E-state index >= 15 is 0 Å². The number of aromatic amines is 2. The Kier molecular flexibility index (Phi) is 4.07. The summed E-state index contributed by atoms with van der Waals surface area (Å²) >= 11 is 0. The normalized spacial score (nSPS) is 11.4. The van der Waals surface area contributed by atoms with E-state index in [9.17, 15) is 4.39 Å². The minimum absolute atomic E-state index is 0.281. The van der Waals surface area contributed by atoms with Gasteiger partial charge in [-0.05, 0) is 54.4 Å². The molecule has 6 rings (SSSR count). The fourth-order valence-electron chi connectivity index (χ4n) is 4.03. The average Bonchev–Trinajstić information content (AvgIpc) is 3.42. The van der Waals surface area contributed by atoms with Crippen LogP contribution in [0.2, 0.25) is 0 Å². The van der Waals surface area contributed by atoms with E-state index in [1.807, 2.05) is 43.5 Å². The highest BCUT2D eigenvalue weighted by Crippen LogP contribution is 2.34. The van der Waals surface area contributed by atoms with Crippen LogP contribution in [0.5, 0.6) is 0 Å². The maximum atomic E-state index is 13.8. The van der Waals surface area contributed by atoms with Crippen molar-refractivity contribution in [2.24, 2.45) is 0 Å². The number of hydrogen-bond donors (Lipinski definition) is 2. The summed E-state index contributed by atoms with van der Waals surface area (Å²) in [7, 11) is 0. The van der Waals surface area contributed by atoms with Gasteiger partial charge in [-0.2, -0.15) is 5.10 Å². The van der Waals surface area contributed by atoms with Gasteiger partial charge in [0, 0.05) is 35.1 Å². The zero-order chi connectivity index (χ0) is 21.7. The molecular formula is C25H17FN6. The van der Waals surface area contributed by atoms with Crippen LogP contribution in [0.1, 0.15) is 5.56 Å². The number of nitrogens with one attached hydrogen (secondary N) is 2. The molecule has 0 saturated heterocycles. The molecule has 0 bridgehead atoms. The Balaban J connectivity index is 1.52. The molecule has 0 atom stereocenters. The summed E-state index contributed by atoms with van der Waals surface area (Å²) in [5, 5.41) is 8.53. The molecule has 0 fully saturated rings. The smallest absolute Gasteiger partial charge is 0.135 e. The van der Waals surface area contributed by atoms with Crippen LogP contribution >= 0.6 is 0 Å². The molecule has 0 aliphatic carbocycles. The number of nitrogens with zero attached hydrogens (tertiary/aromatic N) is 4. The molecule has 2 N–H and O–H groups in total. The van der Waals surface area contributed by atoms with E-state index < -0.39 is 0 Å². The molecule has 0 saturated carbocycles. The number of benzene rings is 1. The minimum Gasteiger partial charge on any atom is -0.352 e. The van der Waals surface area contributed by atoms with Crippen LogP contribution in [0.4, 0.5) is 4.39 Å². The second kappa shape index (κ2) is 7.09. The molecule has 5 heterocycles. The third kappa shape index (κ3) is 2.94. The lowest BCUT2D eigenvalue weighted by Gasteiger charge is -2.04. The number of H-pyrrole nitrogens is 2. The van der Waals surface area contributed by atoms with E-state index in [-0.39, 0.29) is 5.82 Å². The van der Waals surface area contributed by atoms with Crippen molar-refractivity contribution in [1.29, 1.82) is 0 Å². The summed E-state index contributed by atoms with van der Waals surface area (Å²) in [4.78, 5) is 16.9. The Morgan fingerprint density at radius 1 is 0.875 bits per heavy atom. The maximum absolute atomic E-state index is 13.8. The molecule has 5 aromatic heterocycles. The summed E-state index contributed by atoms with van der Waals surface area (Å²) in [6.45, 7) is 2.04. The van der Waals surface area contributed by atoms with Crippen molar-refractivity contribution in [2.75, 3.05) is 0 Å². The van der Waals surface area contributed by atoms with Crippen LogP contribution in [0.3, 0.4) is 0 Å². The number of pyridine rings is 3. The standard InChI is InChI=1S/C25H17FN6/c1-14-7-8-27-11-18(14)20-5-6-21-24(30-20)25(32-31-21)22-10-17-19(12-28-13-23(17)29-22)15-3-2-4-16(26)9-15/h2-13,29H,1H3,(H,31,32). The summed E-state index contributed by atoms with van der Waals surface area (Å²) < 4.78 is 13.8. The highest BCUT2D eigenvalue weighted by Gasteiger charge is 2.16. The molecule has 1 aromatic carbocycles. The van der Waals surface area contributed by atoms with E-state index in [0.29, 0.717) is 5.69 Å². The molecule has 0 unspecified atom stereocenters. The number of halogens is 1. The molecule has 6 nitrogen and oxygen atoms in total. The molecule has 154 valence electrons. The Hall–Kier alpha value is -4.39. The van der Waals surface area contributed by atoms with E-state index in [0.717, 1.165) is 55.6 Å². The largest absolute Gasteiger partial charge is 0.352 e. The predicted molar refractivity (Wildman–Crippen MR) is 122 cm³/mol. The first-order chi connectivity index (χ1) is 15.7. The van der Waals surface area contributed by atoms with Crippen molar-refractivity contribution < 1.29 is 4.39 Å². The number of aromatic nitrogens is 6. The van der Waals surface area contributed by atoms with E-state index in [1.54, 1.807) is 24.7 Å². The summed E-state index contributed by atoms with van der Waals surface area (Å²) in [5.74, 6) is -0.281. The minimum atomic E-state index is -0.281. The molecule has 0 radical (unpaired) electrons. The van der Waals surface area contributed by atoms with Gasteiger partial charge < -0.3 is 4.98 Å². The SMILES string of the molecule is Cc1ccncc1-c1ccc2[nH]nc(-c3cc4c(-c5cccc(F)c5)cncc4[nH]3)c2n1. The van der Waals surface area contributed by atoms with Crippen LogP contribution in [0.25, 0.3) is 55.7 Å². The van der Waals surface area contributed by atoms with E-state index in [2.05, 4.69) is 25.1 Å². The molecule has 0 aliphatic heterocycles. The quantitative estimate of drug-likeness (QED) is 0.386. The second-order valence-electron chi connectivity index (χ2n) is 7.70. The number of aryl methyl sites for hydroxylation is 1. The van der Waals surface area contributed by atoms with Crippen LogP contribution < -0.4 is 0 Å². The maximum Gasteiger partial charge on any atom is 0.135 e. The van der Waals surface area contributed by atoms with Crippen molar-refractivity contribution in [3.63, 3.8) is 0 Å². The third-order valence-corrected chi connectivity index (χ3v) is 5.66. The van der Waals surface area contributed by atoms with Gasteiger partial charge in [0.05, 0.1) is 28.6 Å². The third-order valence-electron chi connectivity index (χ3n) is 5.66. The lowest BCUT2D eigenvalue weighted by molar-refractivity contribution is 0.628. The van der Waals surface area contributed by atoms with Crippen LogP contribution in [0, 0.1) is 12.7 Å². The van der Waals surface area contributed by atoms with Gasteiger partial charge in [0.2, 0.25) is 0 Å². The Morgan fingerprint density at radius 3 is 2.66 bits per heavy atom. The van der Waals surface area contributed by atoms with Crippen molar-refractivity contribution in [1.82, 2.24) is 30.1 Å². The first kappa shape index (κ1) is 18.4. The van der Waals surface area contributed by atoms with Gasteiger partial charge in [0.1, 0.15) is 17.0 Å². The van der Waals surface area contributed by atoms with E-state index in [1.165, 1.54) is 12.1 Å². The van der Waals surface area contributed by atoms with Crippen molar-refractivity contribution >= 4 is 21.9 Å². The van der Waals surface area contributed by atoms with Crippen molar-refractivity contribution in [3.05, 3.63) is 84.7 Å². The van der Waals surface area contributed by atoms with Gasteiger partial charge in [-0.15, -0.1) is 0 Å². The van der Waals surface area contributed by atoms with Crippen LogP contribution in [-0.4, -0.2) is 30.1 Å². The van der Waals surface area contributed by atoms with Crippen LogP contribution in [-0.2, 0) is 0 Å². The zero-order valence-electron chi connectivity index (χ0n) is 17.1. The molecule has 32 heavy (non-hydrogen) atoms. The lowest BCUT2D eigenvalue weighted by atomic mass is 10.0. The van der Waals surface area contributed by atoms with Gasteiger partial charge in [-0.3, -0.25) is 15.1 Å². The fourth-order valence-corrected chi connectivity index (χ4v) is 4.03. The van der Waals surface area contributed by atoms with Crippen molar-refractivity contribution in [2.45, 2.75) is 6.92 Å². The van der Waals surface area contributed by atoms with E-state index in [4.69, 9.17) is 4.98 Å². The van der Waals surface area contributed by atoms with Gasteiger partial charge in [-0.1, -0.05) is 12.1 Å². The molecular weight excluding hydrogens is 403 g/mol. The zero-order valence-corrected chi connectivity index (χ0v) is 17.1. The first-order valence-electron chi connectivity index (χ1n) is 10.2. The molecule has 0 spiro atoms. The Bertz CT molecular complexity index is 1610. The van der Waals surface area contributed by atoms with Gasteiger partial charge >= 0.3 is 0 Å². The Morgan fingerprint density at radius 2 is 1.78 bits per heavy atom.